The van der Waals surface area contributed by atoms with E-state index in [2.05, 4.69) is 32.6 Å². The smallest absolute Gasteiger partial charge is 0.273 e. The lowest BCUT2D eigenvalue weighted by atomic mass is 10.1. The van der Waals surface area contributed by atoms with Gasteiger partial charge in [0.25, 0.3) is 5.91 Å². The standard InChI is InChI=1S/C13H13N5O/c14-6-2-5-10-3-1-4-11(7-10)8-15-13(19)12-9-16-18-17-12/h1,3-4,7,9H,6,8,14H2,(H,15,19)(H,16,17,18). The van der Waals surface area contributed by atoms with Crippen molar-refractivity contribution in [2.45, 2.75) is 6.54 Å². The Balaban J connectivity index is 1.98. The predicted molar refractivity (Wildman–Crippen MR) is 69.9 cm³/mol. The number of nitrogens with zero attached hydrogens (tertiary/aromatic N) is 2. The minimum atomic E-state index is -0.271. The zero-order chi connectivity index (χ0) is 13.5. The maximum Gasteiger partial charge on any atom is 0.273 e. The average molecular weight is 255 g/mol. The summed E-state index contributed by atoms with van der Waals surface area (Å²) in [6.45, 7) is 0.733. The summed E-state index contributed by atoms with van der Waals surface area (Å²) in [4.78, 5) is 11.7. The van der Waals surface area contributed by atoms with Gasteiger partial charge in [-0.1, -0.05) is 24.0 Å². The Morgan fingerprint density at radius 3 is 3.11 bits per heavy atom. The van der Waals surface area contributed by atoms with Gasteiger partial charge in [-0.25, -0.2) is 0 Å². The number of carbonyl (C=O) groups is 1. The van der Waals surface area contributed by atoms with E-state index in [1.54, 1.807) is 0 Å². The first-order valence-electron chi connectivity index (χ1n) is 5.71. The second-order valence-corrected chi connectivity index (χ2v) is 3.74. The van der Waals surface area contributed by atoms with E-state index in [4.69, 9.17) is 5.73 Å². The fourth-order valence-corrected chi connectivity index (χ4v) is 1.50. The molecular formula is C13H13N5O. The van der Waals surface area contributed by atoms with Crippen LogP contribution in [0.2, 0.25) is 0 Å². The zero-order valence-corrected chi connectivity index (χ0v) is 10.2. The van der Waals surface area contributed by atoms with E-state index >= 15 is 0 Å². The molecule has 1 aromatic carbocycles. The molecule has 6 nitrogen and oxygen atoms in total. The average Bonchev–Trinajstić information content (AvgIpc) is 2.97. The Morgan fingerprint density at radius 2 is 2.37 bits per heavy atom. The molecule has 0 aliphatic heterocycles. The van der Waals surface area contributed by atoms with Gasteiger partial charge in [-0.05, 0) is 17.7 Å². The zero-order valence-electron chi connectivity index (χ0n) is 10.2. The number of hydrogen-bond donors (Lipinski definition) is 3. The topological polar surface area (TPSA) is 96.7 Å². The van der Waals surface area contributed by atoms with Crippen LogP contribution in [0.1, 0.15) is 21.6 Å². The van der Waals surface area contributed by atoms with Crippen molar-refractivity contribution in [1.29, 1.82) is 0 Å². The third kappa shape index (κ3) is 3.66. The first kappa shape index (κ1) is 12.8. The molecule has 0 unspecified atom stereocenters. The molecule has 1 amide bonds. The van der Waals surface area contributed by atoms with E-state index in [9.17, 15) is 4.79 Å². The van der Waals surface area contributed by atoms with Crippen molar-refractivity contribution in [2.75, 3.05) is 6.54 Å². The number of benzene rings is 1. The molecule has 0 saturated heterocycles. The van der Waals surface area contributed by atoms with E-state index in [1.165, 1.54) is 6.20 Å². The van der Waals surface area contributed by atoms with Crippen molar-refractivity contribution in [3.05, 3.63) is 47.3 Å². The van der Waals surface area contributed by atoms with E-state index in [0.717, 1.165) is 11.1 Å². The second kappa shape index (κ2) is 6.33. The summed E-state index contributed by atoms with van der Waals surface area (Å²) >= 11 is 0. The summed E-state index contributed by atoms with van der Waals surface area (Å²) in [5.74, 6) is 5.46. The third-order valence-electron chi connectivity index (χ3n) is 2.36. The number of carbonyl (C=O) groups excluding carboxylic acids is 1. The quantitative estimate of drug-likeness (QED) is 0.675. The van der Waals surface area contributed by atoms with Crippen molar-refractivity contribution >= 4 is 5.91 Å². The molecule has 0 aliphatic carbocycles. The molecule has 96 valence electrons. The van der Waals surface area contributed by atoms with Crippen LogP contribution in [0.4, 0.5) is 0 Å². The van der Waals surface area contributed by atoms with Crippen LogP contribution >= 0.6 is 0 Å². The Morgan fingerprint density at radius 1 is 1.47 bits per heavy atom. The highest BCUT2D eigenvalue weighted by molar-refractivity contribution is 5.91. The van der Waals surface area contributed by atoms with Crippen molar-refractivity contribution < 1.29 is 4.79 Å². The lowest BCUT2D eigenvalue weighted by molar-refractivity contribution is 0.0946. The molecule has 0 bridgehead atoms. The molecule has 19 heavy (non-hydrogen) atoms. The lowest BCUT2D eigenvalue weighted by Gasteiger charge is -2.03. The second-order valence-electron chi connectivity index (χ2n) is 3.74. The Hall–Kier alpha value is -2.65. The van der Waals surface area contributed by atoms with Gasteiger partial charge < -0.3 is 11.1 Å². The molecule has 0 spiro atoms. The van der Waals surface area contributed by atoms with Gasteiger partial charge in [0.2, 0.25) is 0 Å². The molecule has 0 atom stereocenters. The first-order valence-corrected chi connectivity index (χ1v) is 5.71. The van der Waals surface area contributed by atoms with Gasteiger partial charge in [0, 0.05) is 12.1 Å². The van der Waals surface area contributed by atoms with E-state index < -0.39 is 0 Å². The van der Waals surface area contributed by atoms with Crippen LogP contribution in [0, 0.1) is 11.8 Å². The fourth-order valence-electron chi connectivity index (χ4n) is 1.50. The normalized spacial score (nSPS) is 9.53. The molecule has 6 heteroatoms. The van der Waals surface area contributed by atoms with Crippen molar-refractivity contribution in [2.24, 2.45) is 5.73 Å². The predicted octanol–water partition coefficient (Wildman–Crippen LogP) is 0.0449. The summed E-state index contributed by atoms with van der Waals surface area (Å²) in [5.41, 5.74) is 7.42. The summed E-state index contributed by atoms with van der Waals surface area (Å²) in [7, 11) is 0. The Bertz CT molecular complexity index is 609. The number of aromatic amines is 1. The molecule has 0 aliphatic rings. The number of H-pyrrole nitrogens is 1. The van der Waals surface area contributed by atoms with E-state index in [-0.39, 0.29) is 11.6 Å². The Kier molecular flexibility index (Phi) is 4.26. The molecule has 0 fully saturated rings. The number of amides is 1. The molecule has 0 radical (unpaired) electrons. The highest BCUT2D eigenvalue weighted by Crippen LogP contribution is 2.04. The van der Waals surface area contributed by atoms with E-state index in [1.807, 2.05) is 24.3 Å². The summed E-state index contributed by atoms with van der Waals surface area (Å²) < 4.78 is 0. The SMILES string of the molecule is NCC#Cc1cccc(CNC(=O)c2cn[nH]n2)c1. The highest BCUT2D eigenvalue weighted by Gasteiger charge is 2.07. The van der Waals surface area contributed by atoms with Gasteiger partial charge in [0.05, 0.1) is 12.7 Å². The van der Waals surface area contributed by atoms with Crippen molar-refractivity contribution in [3.8, 4) is 11.8 Å². The number of aromatic nitrogens is 3. The van der Waals surface area contributed by atoms with Gasteiger partial charge in [-0.3, -0.25) is 4.79 Å². The minimum Gasteiger partial charge on any atom is -0.347 e. The number of nitrogens with one attached hydrogen (secondary N) is 2. The molecular weight excluding hydrogens is 242 g/mol. The molecule has 4 N–H and O–H groups in total. The van der Waals surface area contributed by atoms with Gasteiger partial charge in [0.1, 0.15) is 0 Å². The maximum absolute atomic E-state index is 11.7. The molecule has 1 heterocycles. The number of hydrogen-bond acceptors (Lipinski definition) is 4. The maximum atomic E-state index is 11.7. The van der Waals surface area contributed by atoms with Crippen LogP contribution in [0.25, 0.3) is 0 Å². The number of nitrogens with two attached hydrogens (primary N) is 1. The van der Waals surface area contributed by atoms with Gasteiger partial charge in [-0.15, -0.1) is 0 Å². The van der Waals surface area contributed by atoms with Crippen LogP contribution in [0.3, 0.4) is 0 Å². The highest BCUT2D eigenvalue weighted by atomic mass is 16.1. The third-order valence-corrected chi connectivity index (χ3v) is 2.36. The van der Waals surface area contributed by atoms with Gasteiger partial charge >= 0.3 is 0 Å². The summed E-state index contributed by atoms with van der Waals surface area (Å²) in [6.07, 6.45) is 1.37. The molecule has 2 rings (SSSR count). The van der Waals surface area contributed by atoms with Crippen molar-refractivity contribution in [1.82, 2.24) is 20.7 Å². The molecule has 0 saturated carbocycles. The van der Waals surface area contributed by atoms with Gasteiger partial charge in [0.15, 0.2) is 5.69 Å². The summed E-state index contributed by atoms with van der Waals surface area (Å²) in [6, 6.07) is 7.60. The van der Waals surface area contributed by atoms with Crippen LogP contribution in [0.5, 0.6) is 0 Å². The minimum absolute atomic E-state index is 0.263. The monoisotopic (exact) mass is 255 g/mol. The fraction of sp³-hybridized carbons (Fsp3) is 0.154. The first-order chi connectivity index (χ1) is 9.29. The number of rotatable bonds is 3. The van der Waals surface area contributed by atoms with Crippen LogP contribution < -0.4 is 11.1 Å². The van der Waals surface area contributed by atoms with Crippen LogP contribution in [-0.2, 0) is 6.54 Å². The Labute approximate surface area is 110 Å². The van der Waals surface area contributed by atoms with Gasteiger partial charge in [-0.2, -0.15) is 15.4 Å². The lowest BCUT2D eigenvalue weighted by Crippen LogP contribution is -2.23. The molecule has 1 aromatic heterocycles. The molecule has 2 aromatic rings. The largest absolute Gasteiger partial charge is 0.347 e. The summed E-state index contributed by atoms with van der Waals surface area (Å²) in [5, 5.41) is 12.4. The van der Waals surface area contributed by atoms with Crippen LogP contribution in [-0.4, -0.2) is 27.9 Å². The van der Waals surface area contributed by atoms with Crippen molar-refractivity contribution in [3.63, 3.8) is 0 Å². The van der Waals surface area contributed by atoms with Crippen LogP contribution in [0.15, 0.2) is 30.5 Å². The van der Waals surface area contributed by atoms with E-state index in [0.29, 0.717) is 13.1 Å².